The van der Waals surface area contributed by atoms with E-state index >= 15 is 0 Å². The second-order valence-electron chi connectivity index (χ2n) is 7.10. The number of β-lactam (4-membered cyclic amide) rings is 1. The van der Waals surface area contributed by atoms with E-state index in [9.17, 15) is 24.0 Å². The molecule has 0 aromatic carbocycles. The third-order valence-electron chi connectivity index (χ3n) is 4.67. The van der Waals surface area contributed by atoms with Gasteiger partial charge < -0.3 is 34.5 Å². The number of esters is 2. The van der Waals surface area contributed by atoms with E-state index in [0.717, 1.165) is 11.8 Å². The first kappa shape index (κ1) is 25.6. The highest BCUT2D eigenvalue weighted by Gasteiger charge is 2.55. The summed E-state index contributed by atoms with van der Waals surface area (Å²) in [5.41, 5.74) is 4.89. The molecule has 3 N–H and O–H groups in total. The number of ether oxygens (including phenoxy) is 3. The molecule has 1 saturated heterocycles. The fraction of sp³-hybridized carbons (Fsp3) is 0.400. The van der Waals surface area contributed by atoms with Crippen LogP contribution in [0.25, 0.3) is 0 Å². The zero-order valence-electron chi connectivity index (χ0n) is 18.8. The number of hydrogen-bond acceptors (Lipinski definition) is 12. The average molecular weight is 510 g/mol. The average Bonchev–Trinajstić information content (AvgIpc) is 3.32. The number of thioether (sulfide) groups is 1. The van der Waals surface area contributed by atoms with E-state index in [1.54, 1.807) is 6.07 Å². The number of primary amides is 1. The molecule has 3 heterocycles. The van der Waals surface area contributed by atoms with Gasteiger partial charge in [-0.1, -0.05) is 5.16 Å². The highest BCUT2D eigenvalue weighted by Crippen LogP contribution is 2.41. The van der Waals surface area contributed by atoms with Crippen molar-refractivity contribution in [3.05, 3.63) is 35.4 Å². The first-order valence-electron chi connectivity index (χ1n) is 10.1. The largest absolute Gasteiger partial charge is 0.462 e. The first-order valence-corrected chi connectivity index (χ1v) is 11.1. The zero-order chi connectivity index (χ0) is 25.7. The predicted octanol–water partition coefficient (Wildman–Crippen LogP) is -0.168. The first-order chi connectivity index (χ1) is 16.6. The second kappa shape index (κ2) is 10.9. The molecule has 0 spiro atoms. The Kier molecular flexibility index (Phi) is 8.01. The fourth-order valence-corrected chi connectivity index (χ4v) is 4.65. The van der Waals surface area contributed by atoms with Gasteiger partial charge in [-0.25, -0.2) is 9.59 Å². The molecule has 2 aliphatic rings. The quantitative estimate of drug-likeness (QED) is 0.147. The highest BCUT2D eigenvalue weighted by molar-refractivity contribution is 8.00. The van der Waals surface area contributed by atoms with Crippen molar-refractivity contribution < 1.29 is 47.4 Å². The van der Waals surface area contributed by atoms with Crippen molar-refractivity contribution in [2.24, 2.45) is 10.9 Å². The molecule has 1 aromatic rings. The van der Waals surface area contributed by atoms with Crippen molar-refractivity contribution in [1.29, 1.82) is 0 Å². The second-order valence-corrected chi connectivity index (χ2v) is 8.21. The Hall–Kier alpha value is -4.01. The third kappa shape index (κ3) is 5.74. The molecular formula is C20H22N4O10S. The molecule has 2 aliphatic heterocycles. The number of hydrogen-bond donors (Lipinski definition) is 2. The van der Waals surface area contributed by atoms with Gasteiger partial charge in [-0.15, -0.1) is 11.8 Å². The van der Waals surface area contributed by atoms with Gasteiger partial charge >= 0.3 is 18.0 Å². The van der Waals surface area contributed by atoms with Crippen LogP contribution in [-0.2, 0) is 38.2 Å². The number of furan rings is 1. The van der Waals surface area contributed by atoms with Gasteiger partial charge in [0.15, 0.2) is 5.76 Å². The van der Waals surface area contributed by atoms with E-state index in [1.807, 2.05) is 0 Å². The van der Waals surface area contributed by atoms with Crippen molar-refractivity contribution in [2.75, 3.05) is 19.5 Å². The Morgan fingerprint density at radius 3 is 2.69 bits per heavy atom. The Balaban J connectivity index is 1.80. The van der Waals surface area contributed by atoms with Crippen LogP contribution in [0.3, 0.4) is 0 Å². The summed E-state index contributed by atoms with van der Waals surface area (Å²) in [6.07, 6.45) is -0.976. The normalized spacial score (nSPS) is 20.3. The van der Waals surface area contributed by atoms with Gasteiger partial charge in [-0.3, -0.25) is 19.3 Å². The summed E-state index contributed by atoms with van der Waals surface area (Å²) in [5, 5.41) is 5.53. The molecule has 0 radical (unpaired) electrons. The van der Waals surface area contributed by atoms with Crippen molar-refractivity contribution in [2.45, 2.75) is 31.6 Å². The summed E-state index contributed by atoms with van der Waals surface area (Å²) in [4.78, 5) is 66.7. The Morgan fingerprint density at radius 2 is 2.09 bits per heavy atom. The molecule has 0 bridgehead atoms. The van der Waals surface area contributed by atoms with Crippen LogP contribution in [-0.4, -0.2) is 77.6 Å². The van der Waals surface area contributed by atoms with Gasteiger partial charge in [0, 0.05) is 25.2 Å². The molecular weight excluding hydrogens is 488 g/mol. The fourth-order valence-electron chi connectivity index (χ4n) is 3.32. The van der Waals surface area contributed by atoms with Crippen LogP contribution in [0.4, 0.5) is 4.79 Å². The molecule has 0 unspecified atom stereocenters. The van der Waals surface area contributed by atoms with E-state index in [2.05, 4.69) is 10.5 Å². The minimum atomic E-state index is -1.24. The summed E-state index contributed by atoms with van der Waals surface area (Å²) in [6.45, 7) is 2.09. The molecule has 15 heteroatoms. The number of fused-ring (bicyclic) bond motifs is 1. The maximum atomic E-state index is 13.0. The van der Waals surface area contributed by atoms with Gasteiger partial charge in [0.1, 0.15) is 30.8 Å². The Bertz CT molecular complexity index is 1080. The molecule has 1 aromatic heterocycles. The van der Waals surface area contributed by atoms with Crippen molar-refractivity contribution >= 4 is 47.3 Å². The van der Waals surface area contributed by atoms with Gasteiger partial charge in [-0.2, -0.15) is 0 Å². The van der Waals surface area contributed by atoms with Crippen LogP contribution in [0.5, 0.6) is 0 Å². The molecule has 1 fully saturated rings. The standard InChI is InChI=1S/C20H22N4O10S/c1-9(25)33-10(2)34-19(28)15-11(7-32-20(21)29)8-35-18-14(17(27)24(15)18)22-16(26)13(23-30-3)12-5-4-6-31-12/h4-6,10,14,18H,7-8H2,1-3H3,(H2,21,29)(H,22,26)/b23-13+/t10-,14-,18+/m1/s1. The number of carbonyl (C=O) groups is 5. The van der Waals surface area contributed by atoms with E-state index in [-0.39, 0.29) is 35.1 Å². The predicted molar refractivity (Wildman–Crippen MR) is 117 cm³/mol. The monoisotopic (exact) mass is 510 g/mol. The van der Waals surface area contributed by atoms with Gasteiger partial charge in [0.25, 0.3) is 11.8 Å². The van der Waals surface area contributed by atoms with Crippen LogP contribution < -0.4 is 11.1 Å². The molecule has 0 saturated carbocycles. The highest BCUT2D eigenvalue weighted by atomic mass is 32.2. The number of nitrogens with zero attached hydrogens (tertiary/aromatic N) is 2. The molecule has 3 rings (SSSR count). The van der Waals surface area contributed by atoms with Gasteiger partial charge in [0.05, 0.1) is 6.26 Å². The van der Waals surface area contributed by atoms with Crippen molar-refractivity contribution in [3.8, 4) is 0 Å². The summed E-state index contributed by atoms with van der Waals surface area (Å²) in [6, 6.07) is 2.03. The minimum absolute atomic E-state index is 0.124. The maximum absolute atomic E-state index is 13.0. The zero-order valence-corrected chi connectivity index (χ0v) is 19.7. The summed E-state index contributed by atoms with van der Waals surface area (Å²) in [5.74, 6) is -2.75. The molecule has 188 valence electrons. The summed E-state index contributed by atoms with van der Waals surface area (Å²) in [7, 11) is 1.25. The number of amides is 3. The number of nitrogens with one attached hydrogen (secondary N) is 1. The third-order valence-corrected chi connectivity index (χ3v) is 6.01. The smallest absolute Gasteiger partial charge is 0.404 e. The van der Waals surface area contributed by atoms with Crippen LogP contribution in [0.1, 0.15) is 19.6 Å². The maximum Gasteiger partial charge on any atom is 0.404 e. The van der Waals surface area contributed by atoms with Crippen LogP contribution in [0.15, 0.2) is 39.2 Å². The van der Waals surface area contributed by atoms with E-state index < -0.39 is 47.6 Å². The summed E-state index contributed by atoms with van der Waals surface area (Å²) >= 11 is 1.21. The van der Waals surface area contributed by atoms with Gasteiger partial charge in [-0.05, 0) is 12.1 Å². The molecule has 3 atom stereocenters. The number of nitrogens with two attached hydrogens (primary N) is 1. The van der Waals surface area contributed by atoms with Crippen LogP contribution >= 0.6 is 11.8 Å². The molecule has 0 aliphatic carbocycles. The molecule has 35 heavy (non-hydrogen) atoms. The van der Waals surface area contributed by atoms with E-state index in [1.165, 1.54) is 38.1 Å². The van der Waals surface area contributed by atoms with Crippen molar-refractivity contribution in [1.82, 2.24) is 10.2 Å². The number of carbonyl (C=O) groups excluding carboxylic acids is 5. The lowest BCUT2D eigenvalue weighted by atomic mass is 10.0. The minimum Gasteiger partial charge on any atom is -0.462 e. The Morgan fingerprint density at radius 1 is 1.34 bits per heavy atom. The SMILES string of the molecule is CO/N=C(/C(=O)N[C@@H]1C(=O)N2C(C(=O)O[C@H](C)OC(C)=O)=C(COC(N)=O)CS[C@@H]12)c1ccco1. The van der Waals surface area contributed by atoms with E-state index in [4.69, 9.17) is 29.2 Å². The summed E-state index contributed by atoms with van der Waals surface area (Å²) < 4.78 is 19.9. The lowest BCUT2D eigenvalue weighted by Gasteiger charge is -2.49. The van der Waals surface area contributed by atoms with Crippen LogP contribution in [0.2, 0.25) is 0 Å². The lowest BCUT2D eigenvalue weighted by molar-refractivity contribution is -0.182. The number of oxime groups is 1. The topological polar surface area (TPSA) is 189 Å². The van der Waals surface area contributed by atoms with E-state index in [0.29, 0.717) is 0 Å². The lowest BCUT2D eigenvalue weighted by Crippen LogP contribution is -2.71. The molecule has 14 nitrogen and oxygen atoms in total. The Labute approximate surface area is 202 Å². The number of rotatable bonds is 9. The van der Waals surface area contributed by atoms with Gasteiger partial charge in [0.2, 0.25) is 12.0 Å². The van der Waals surface area contributed by atoms with Crippen LogP contribution in [0, 0.1) is 0 Å². The molecule has 3 amide bonds. The van der Waals surface area contributed by atoms with Crippen molar-refractivity contribution in [3.63, 3.8) is 0 Å².